The summed E-state index contributed by atoms with van der Waals surface area (Å²) in [4.78, 5) is 12.5. The molecule has 1 fully saturated rings. The Bertz CT molecular complexity index is 402. The van der Waals surface area contributed by atoms with Crippen molar-refractivity contribution >= 4 is 17.2 Å². The Balaban J connectivity index is 1.36. The zero-order chi connectivity index (χ0) is 15.5. The van der Waals surface area contributed by atoms with Gasteiger partial charge in [0, 0.05) is 25.7 Å². The van der Waals surface area contributed by atoms with Crippen molar-refractivity contribution in [2.45, 2.75) is 51.0 Å². The fourth-order valence-corrected chi connectivity index (χ4v) is 3.51. The first-order valence-electron chi connectivity index (χ1n) is 8.62. The first kappa shape index (κ1) is 17.4. The molecule has 0 saturated heterocycles. The lowest BCUT2D eigenvalue weighted by molar-refractivity contribution is 0.0957. The maximum Gasteiger partial charge on any atom is 0.261 e. The van der Waals surface area contributed by atoms with E-state index in [4.69, 9.17) is 0 Å². The SMILES string of the molecule is O=C(NCCCCNCCNC1CCCCC1)c1cccs1. The van der Waals surface area contributed by atoms with Crippen molar-refractivity contribution in [3.63, 3.8) is 0 Å². The highest BCUT2D eigenvalue weighted by molar-refractivity contribution is 7.12. The minimum atomic E-state index is 0.0552. The highest BCUT2D eigenvalue weighted by Gasteiger charge is 2.11. The molecule has 2 rings (SSSR count). The molecule has 1 aromatic heterocycles. The number of hydrogen-bond donors (Lipinski definition) is 3. The molecule has 1 heterocycles. The molecular weight excluding hydrogens is 294 g/mol. The molecule has 0 bridgehead atoms. The molecule has 0 aliphatic heterocycles. The zero-order valence-corrected chi connectivity index (χ0v) is 14.2. The summed E-state index contributed by atoms with van der Waals surface area (Å²) in [5, 5.41) is 12.0. The molecule has 1 aromatic rings. The number of rotatable bonds is 10. The second kappa shape index (κ2) is 10.8. The Hall–Kier alpha value is -0.910. The predicted molar refractivity (Wildman–Crippen MR) is 93.6 cm³/mol. The Labute approximate surface area is 138 Å². The molecule has 4 nitrogen and oxygen atoms in total. The number of carbonyl (C=O) groups is 1. The summed E-state index contributed by atoms with van der Waals surface area (Å²) in [5.41, 5.74) is 0. The number of hydrogen-bond acceptors (Lipinski definition) is 4. The van der Waals surface area contributed by atoms with Crippen molar-refractivity contribution in [2.75, 3.05) is 26.2 Å². The fraction of sp³-hybridized carbons (Fsp3) is 0.706. The van der Waals surface area contributed by atoms with E-state index in [1.54, 1.807) is 0 Å². The lowest BCUT2D eigenvalue weighted by Crippen LogP contribution is -2.36. The predicted octanol–water partition coefficient (Wildman–Crippen LogP) is 2.77. The molecular formula is C17H29N3OS. The monoisotopic (exact) mass is 323 g/mol. The minimum Gasteiger partial charge on any atom is -0.351 e. The third-order valence-corrected chi connectivity index (χ3v) is 5.02. The van der Waals surface area contributed by atoms with Crippen molar-refractivity contribution in [3.05, 3.63) is 22.4 Å². The molecule has 3 N–H and O–H groups in total. The van der Waals surface area contributed by atoms with Crippen LogP contribution < -0.4 is 16.0 Å². The van der Waals surface area contributed by atoms with E-state index < -0.39 is 0 Å². The molecule has 0 spiro atoms. The van der Waals surface area contributed by atoms with Gasteiger partial charge in [0.25, 0.3) is 5.91 Å². The van der Waals surface area contributed by atoms with Gasteiger partial charge in [-0.15, -0.1) is 11.3 Å². The van der Waals surface area contributed by atoms with Gasteiger partial charge in [0.1, 0.15) is 0 Å². The van der Waals surface area contributed by atoms with Crippen LogP contribution in [0, 0.1) is 0 Å². The van der Waals surface area contributed by atoms with Gasteiger partial charge in [0.05, 0.1) is 4.88 Å². The second-order valence-electron chi connectivity index (χ2n) is 5.98. The van der Waals surface area contributed by atoms with Crippen LogP contribution in [0.4, 0.5) is 0 Å². The lowest BCUT2D eigenvalue weighted by atomic mass is 9.95. The Kier molecular flexibility index (Phi) is 8.53. The van der Waals surface area contributed by atoms with Gasteiger partial charge >= 0.3 is 0 Å². The largest absolute Gasteiger partial charge is 0.351 e. The Morgan fingerprint density at radius 2 is 1.91 bits per heavy atom. The first-order valence-corrected chi connectivity index (χ1v) is 9.50. The van der Waals surface area contributed by atoms with Crippen LogP contribution in [-0.2, 0) is 0 Å². The standard InChI is InChI=1S/C17H29N3OS/c21-17(16-9-6-14-22-16)20-11-5-4-10-18-12-13-19-15-7-2-1-3-8-15/h6,9,14-15,18-19H,1-5,7-8,10-13H2,(H,20,21). The van der Waals surface area contributed by atoms with Crippen LogP contribution in [0.2, 0.25) is 0 Å². The minimum absolute atomic E-state index is 0.0552. The van der Waals surface area contributed by atoms with Crippen LogP contribution in [0.15, 0.2) is 17.5 Å². The van der Waals surface area contributed by atoms with Crippen LogP contribution >= 0.6 is 11.3 Å². The van der Waals surface area contributed by atoms with E-state index in [9.17, 15) is 4.79 Å². The lowest BCUT2D eigenvalue weighted by Gasteiger charge is -2.22. The summed E-state index contributed by atoms with van der Waals surface area (Å²) < 4.78 is 0. The summed E-state index contributed by atoms with van der Waals surface area (Å²) in [5.74, 6) is 0.0552. The van der Waals surface area contributed by atoms with Gasteiger partial charge in [0.2, 0.25) is 0 Å². The number of thiophene rings is 1. The van der Waals surface area contributed by atoms with Gasteiger partial charge in [-0.25, -0.2) is 0 Å². The highest BCUT2D eigenvalue weighted by Crippen LogP contribution is 2.16. The smallest absolute Gasteiger partial charge is 0.261 e. The van der Waals surface area contributed by atoms with Gasteiger partial charge in [-0.3, -0.25) is 4.79 Å². The quantitative estimate of drug-likeness (QED) is 0.580. The van der Waals surface area contributed by atoms with E-state index in [0.717, 1.165) is 49.9 Å². The highest BCUT2D eigenvalue weighted by atomic mass is 32.1. The number of unbranched alkanes of at least 4 members (excludes halogenated alkanes) is 1. The van der Waals surface area contributed by atoms with Gasteiger partial charge in [-0.1, -0.05) is 25.3 Å². The van der Waals surface area contributed by atoms with E-state index in [0.29, 0.717) is 0 Å². The first-order chi connectivity index (χ1) is 10.9. The van der Waals surface area contributed by atoms with Crippen molar-refractivity contribution in [1.82, 2.24) is 16.0 Å². The molecule has 5 heteroatoms. The maximum atomic E-state index is 11.7. The summed E-state index contributed by atoms with van der Waals surface area (Å²) in [7, 11) is 0. The van der Waals surface area contributed by atoms with Crippen LogP contribution in [0.25, 0.3) is 0 Å². The fourth-order valence-electron chi connectivity index (χ4n) is 2.87. The molecule has 0 unspecified atom stereocenters. The van der Waals surface area contributed by atoms with E-state index in [-0.39, 0.29) is 5.91 Å². The molecule has 1 saturated carbocycles. The topological polar surface area (TPSA) is 53.2 Å². The Morgan fingerprint density at radius 1 is 1.09 bits per heavy atom. The molecule has 1 aliphatic carbocycles. The molecule has 22 heavy (non-hydrogen) atoms. The van der Waals surface area contributed by atoms with E-state index in [2.05, 4.69) is 16.0 Å². The van der Waals surface area contributed by atoms with Crippen molar-refractivity contribution in [1.29, 1.82) is 0 Å². The maximum absolute atomic E-state index is 11.7. The molecule has 0 aromatic carbocycles. The van der Waals surface area contributed by atoms with Crippen molar-refractivity contribution in [2.24, 2.45) is 0 Å². The summed E-state index contributed by atoms with van der Waals surface area (Å²) >= 11 is 1.49. The third-order valence-electron chi connectivity index (χ3n) is 4.15. The van der Waals surface area contributed by atoms with E-state index in [1.165, 1.54) is 43.4 Å². The van der Waals surface area contributed by atoms with Crippen molar-refractivity contribution in [3.8, 4) is 0 Å². The molecule has 1 aliphatic rings. The molecule has 0 radical (unpaired) electrons. The summed E-state index contributed by atoms with van der Waals surface area (Å²) in [6, 6.07) is 4.52. The number of nitrogens with one attached hydrogen (secondary N) is 3. The molecule has 1 amide bonds. The number of carbonyl (C=O) groups excluding carboxylic acids is 1. The van der Waals surface area contributed by atoms with Gasteiger partial charge in [-0.05, 0) is 43.7 Å². The van der Waals surface area contributed by atoms with E-state index in [1.807, 2.05) is 17.5 Å². The van der Waals surface area contributed by atoms with Crippen LogP contribution in [0.1, 0.15) is 54.6 Å². The van der Waals surface area contributed by atoms with Gasteiger partial charge in [0.15, 0.2) is 0 Å². The zero-order valence-electron chi connectivity index (χ0n) is 13.4. The average molecular weight is 324 g/mol. The van der Waals surface area contributed by atoms with Crippen LogP contribution in [0.5, 0.6) is 0 Å². The average Bonchev–Trinajstić information content (AvgIpc) is 3.08. The van der Waals surface area contributed by atoms with Crippen molar-refractivity contribution < 1.29 is 4.79 Å². The summed E-state index contributed by atoms with van der Waals surface area (Å²) in [6.07, 6.45) is 9.03. The van der Waals surface area contributed by atoms with Gasteiger partial charge < -0.3 is 16.0 Å². The Morgan fingerprint density at radius 3 is 2.68 bits per heavy atom. The van der Waals surface area contributed by atoms with Crippen LogP contribution in [-0.4, -0.2) is 38.1 Å². The normalized spacial score (nSPS) is 15.8. The van der Waals surface area contributed by atoms with Crippen LogP contribution in [0.3, 0.4) is 0 Å². The molecule has 0 atom stereocenters. The summed E-state index contributed by atoms with van der Waals surface area (Å²) in [6.45, 7) is 3.90. The molecule has 124 valence electrons. The van der Waals surface area contributed by atoms with Gasteiger partial charge in [-0.2, -0.15) is 0 Å². The third kappa shape index (κ3) is 6.90. The van der Waals surface area contributed by atoms with E-state index >= 15 is 0 Å². The number of amides is 1. The second-order valence-corrected chi connectivity index (χ2v) is 6.93.